The number of carbonyl (C=O) groups is 1. The molecule has 9 heteroatoms. The molecule has 142 valence electrons. The molecule has 1 aromatic carbocycles. The monoisotopic (exact) mass is 411 g/mol. The van der Waals surface area contributed by atoms with E-state index < -0.39 is 0 Å². The van der Waals surface area contributed by atoms with Gasteiger partial charge in [-0.1, -0.05) is 17.4 Å². The number of urea groups is 1. The summed E-state index contributed by atoms with van der Waals surface area (Å²) >= 11 is 2.87. The Morgan fingerprint density at radius 1 is 1.25 bits per heavy atom. The largest absolute Gasteiger partial charge is 0.390 e. The summed E-state index contributed by atoms with van der Waals surface area (Å²) in [5.41, 5.74) is 4.25. The van der Waals surface area contributed by atoms with E-state index in [2.05, 4.69) is 25.6 Å². The summed E-state index contributed by atoms with van der Waals surface area (Å²) in [4.78, 5) is 25.2. The van der Waals surface area contributed by atoms with Crippen molar-refractivity contribution < 1.29 is 9.90 Å². The molecule has 3 aromatic heterocycles. The van der Waals surface area contributed by atoms with E-state index >= 15 is 0 Å². The average molecular weight is 412 g/mol. The first kappa shape index (κ1) is 18.5. The maximum absolute atomic E-state index is 11.9. The van der Waals surface area contributed by atoms with Gasteiger partial charge in [0.1, 0.15) is 5.01 Å². The van der Waals surface area contributed by atoms with Crippen LogP contribution in [0.4, 0.5) is 9.93 Å². The molecule has 0 atom stereocenters. The number of aliphatic hydroxyl groups excluding tert-OH is 1. The van der Waals surface area contributed by atoms with E-state index in [-0.39, 0.29) is 12.6 Å². The molecule has 4 aromatic rings. The van der Waals surface area contributed by atoms with Crippen LogP contribution in [0, 0.1) is 0 Å². The van der Waals surface area contributed by atoms with Crippen LogP contribution in [-0.4, -0.2) is 32.6 Å². The van der Waals surface area contributed by atoms with Gasteiger partial charge in [-0.15, -0.1) is 11.3 Å². The van der Waals surface area contributed by atoms with Gasteiger partial charge in [0.25, 0.3) is 0 Å². The molecule has 0 aliphatic heterocycles. The van der Waals surface area contributed by atoms with Crippen molar-refractivity contribution in [3.8, 4) is 21.7 Å². The van der Waals surface area contributed by atoms with Gasteiger partial charge in [0, 0.05) is 35.4 Å². The highest BCUT2D eigenvalue weighted by Gasteiger charge is 2.16. The van der Waals surface area contributed by atoms with Gasteiger partial charge in [0.2, 0.25) is 0 Å². The maximum atomic E-state index is 11.9. The highest BCUT2D eigenvalue weighted by Crippen LogP contribution is 2.39. The summed E-state index contributed by atoms with van der Waals surface area (Å²) in [6.45, 7) is 2.29. The zero-order chi connectivity index (χ0) is 19.5. The Hall–Kier alpha value is -2.88. The molecule has 4 rings (SSSR count). The number of aromatic nitrogens is 3. The number of rotatable bonds is 5. The van der Waals surface area contributed by atoms with Crippen molar-refractivity contribution in [1.29, 1.82) is 0 Å². The van der Waals surface area contributed by atoms with Crippen LogP contribution in [0.1, 0.15) is 12.6 Å². The predicted octanol–water partition coefficient (Wildman–Crippen LogP) is 4.12. The zero-order valence-corrected chi connectivity index (χ0v) is 16.6. The number of nitrogens with one attached hydrogen (secondary N) is 2. The van der Waals surface area contributed by atoms with Crippen LogP contribution in [-0.2, 0) is 6.61 Å². The van der Waals surface area contributed by atoms with Crippen molar-refractivity contribution in [2.75, 3.05) is 11.9 Å². The third-order valence-corrected chi connectivity index (χ3v) is 5.93. The minimum atomic E-state index is -0.285. The zero-order valence-electron chi connectivity index (χ0n) is 15.0. The Kier molecular flexibility index (Phi) is 5.29. The van der Waals surface area contributed by atoms with E-state index in [4.69, 9.17) is 0 Å². The van der Waals surface area contributed by atoms with Crippen LogP contribution in [0.25, 0.3) is 31.9 Å². The van der Waals surface area contributed by atoms with Gasteiger partial charge in [0.05, 0.1) is 22.5 Å². The fourth-order valence-electron chi connectivity index (χ4n) is 2.75. The van der Waals surface area contributed by atoms with E-state index in [1.165, 1.54) is 22.7 Å². The smallest absolute Gasteiger partial charge is 0.321 e. The normalized spacial score (nSPS) is 10.9. The Bertz CT molecular complexity index is 1120. The number of pyridine rings is 1. The third kappa shape index (κ3) is 3.72. The lowest BCUT2D eigenvalue weighted by Crippen LogP contribution is -2.28. The van der Waals surface area contributed by atoms with E-state index in [1.807, 2.05) is 36.6 Å². The van der Waals surface area contributed by atoms with E-state index in [1.54, 1.807) is 12.4 Å². The van der Waals surface area contributed by atoms with Crippen molar-refractivity contribution in [2.24, 2.45) is 0 Å². The summed E-state index contributed by atoms with van der Waals surface area (Å²) in [7, 11) is 0. The number of thiazole rings is 2. The van der Waals surface area contributed by atoms with Crippen molar-refractivity contribution in [1.82, 2.24) is 20.3 Å². The van der Waals surface area contributed by atoms with Crippen molar-refractivity contribution in [2.45, 2.75) is 13.5 Å². The molecule has 28 heavy (non-hydrogen) atoms. The number of fused-ring (bicyclic) bond motifs is 1. The molecule has 0 saturated carbocycles. The molecular formula is C19H17N5O2S2. The molecule has 0 spiro atoms. The van der Waals surface area contributed by atoms with Crippen LogP contribution in [0.15, 0.2) is 42.0 Å². The molecule has 3 N–H and O–H groups in total. The molecule has 0 unspecified atom stereocenters. The lowest BCUT2D eigenvalue weighted by Gasteiger charge is -2.05. The third-order valence-electron chi connectivity index (χ3n) is 3.99. The number of anilines is 1. The van der Waals surface area contributed by atoms with E-state index in [9.17, 15) is 9.90 Å². The Morgan fingerprint density at radius 2 is 2.14 bits per heavy atom. The van der Waals surface area contributed by atoms with Gasteiger partial charge in [-0.3, -0.25) is 10.3 Å². The van der Waals surface area contributed by atoms with Crippen LogP contribution in [0.3, 0.4) is 0 Å². The van der Waals surface area contributed by atoms with Crippen LogP contribution in [0.2, 0.25) is 0 Å². The Morgan fingerprint density at radius 3 is 2.86 bits per heavy atom. The average Bonchev–Trinajstić information content (AvgIpc) is 3.34. The lowest BCUT2D eigenvalue weighted by molar-refractivity contribution is 0.252. The second-order valence-electron chi connectivity index (χ2n) is 5.92. The van der Waals surface area contributed by atoms with Gasteiger partial charge < -0.3 is 10.4 Å². The van der Waals surface area contributed by atoms with E-state index in [0.29, 0.717) is 17.4 Å². The quantitative estimate of drug-likeness (QED) is 0.459. The molecule has 2 amide bonds. The van der Waals surface area contributed by atoms with Gasteiger partial charge in [-0.25, -0.2) is 14.8 Å². The number of hydrogen-bond acceptors (Lipinski definition) is 7. The van der Waals surface area contributed by atoms with Gasteiger partial charge in [0.15, 0.2) is 5.13 Å². The fraction of sp³-hybridized carbons (Fsp3) is 0.158. The molecule has 0 aliphatic rings. The molecule has 0 bridgehead atoms. The van der Waals surface area contributed by atoms with Crippen molar-refractivity contribution in [3.63, 3.8) is 0 Å². The Labute approximate surface area is 169 Å². The number of nitrogens with zero attached hydrogens (tertiary/aromatic N) is 3. The summed E-state index contributed by atoms with van der Waals surface area (Å²) in [6, 6.07) is 7.62. The predicted molar refractivity (Wildman–Crippen MR) is 113 cm³/mol. The van der Waals surface area contributed by atoms with Crippen LogP contribution >= 0.6 is 22.7 Å². The van der Waals surface area contributed by atoms with Crippen LogP contribution in [0.5, 0.6) is 0 Å². The van der Waals surface area contributed by atoms with Crippen molar-refractivity contribution in [3.05, 3.63) is 47.7 Å². The molecule has 0 radical (unpaired) electrons. The summed E-state index contributed by atoms with van der Waals surface area (Å²) in [5.74, 6) is 0. The highest BCUT2D eigenvalue weighted by molar-refractivity contribution is 7.23. The number of aliphatic hydroxyl groups is 1. The van der Waals surface area contributed by atoms with Crippen LogP contribution < -0.4 is 10.6 Å². The summed E-state index contributed by atoms with van der Waals surface area (Å²) < 4.78 is 0.929. The molecule has 3 heterocycles. The minimum Gasteiger partial charge on any atom is -0.390 e. The molecule has 7 nitrogen and oxygen atoms in total. The standard InChI is InChI=1S/C19H17N5O2S2/c1-2-21-18(26)24-19-23-15-7-12(11-4-3-5-20-8-11)6-14(16(15)28-19)17-22-13(9-25)10-27-17/h3-8,10,25H,2,9H2,1H3,(H2,21,23,24,26). The first-order valence-electron chi connectivity index (χ1n) is 8.63. The molecule has 0 aliphatic carbocycles. The highest BCUT2D eigenvalue weighted by atomic mass is 32.1. The summed E-state index contributed by atoms with van der Waals surface area (Å²) in [6.07, 6.45) is 3.53. The number of benzene rings is 1. The van der Waals surface area contributed by atoms with E-state index in [0.717, 1.165) is 31.9 Å². The molecular weight excluding hydrogens is 394 g/mol. The second kappa shape index (κ2) is 8.01. The maximum Gasteiger partial charge on any atom is 0.321 e. The lowest BCUT2D eigenvalue weighted by atomic mass is 10.0. The summed E-state index contributed by atoms with van der Waals surface area (Å²) in [5, 5.41) is 18.0. The van der Waals surface area contributed by atoms with Gasteiger partial charge in [-0.2, -0.15) is 0 Å². The number of hydrogen-bond donors (Lipinski definition) is 3. The number of carbonyl (C=O) groups excluding carboxylic acids is 1. The minimum absolute atomic E-state index is 0.103. The topological polar surface area (TPSA) is 100 Å². The second-order valence-corrected chi connectivity index (χ2v) is 7.78. The SMILES string of the molecule is CCNC(=O)Nc1nc2cc(-c3cccnc3)cc(-c3nc(CO)cs3)c2s1. The van der Waals surface area contributed by atoms with Gasteiger partial charge in [-0.05, 0) is 30.7 Å². The first-order valence-corrected chi connectivity index (χ1v) is 10.3. The molecule has 0 saturated heterocycles. The Balaban J connectivity index is 1.85. The molecule has 0 fully saturated rings. The first-order chi connectivity index (χ1) is 13.7. The van der Waals surface area contributed by atoms with Crippen molar-refractivity contribution >= 4 is 44.1 Å². The fourth-order valence-corrected chi connectivity index (χ4v) is 4.60. The number of amides is 2. The van der Waals surface area contributed by atoms with Gasteiger partial charge >= 0.3 is 6.03 Å².